The molecule has 0 aliphatic carbocycles. The molecule has 0 bridgehead atoms. The molecule has 1 atom stereocenters. The Bertz CT molecular complexity index is 877. The molecule has 8 nitrogen and oxygen atoms in total. The van der Waals surface area contributed by atoms with Gasteiger partial charge in [-0.05, 0) is 37.1 Å². The largest absolute Gasteiger partial charge is 0.460 e. The average molecular weight is 382 g/mol. The van der Waals surface area contributed by atoms with Crippen molar-refractivity contribution in [1.29, 1.82) is 0 Å². The molecule has 1 aromatic heterocycles. The summed E-state index contributed by atoms with van der Waals surface area (Å²) in [6.45, 7) is 9.71. The van der Waals surface area contributed by atoms with E-state index in [1.807, 2.05) is 12.1 Å². The zero-order valence-corrected chi connectivity index (χ0v) is 16.3. The third kappa shape index (κ3) is 6.17. The van der Waals surface area contributed by atoms with E-state index in [4.69, 9.17) is 16.2 Å². The molecule has 0 fully saturated rings. The summed E-state index contributed by atoms with van der Waals surface area (Å²) in [5.41, 5.74) is 12.3. The first-order chi connectivity index (χ1) is 13.3. The second-order valence-corrected chi connectivity index (χ2v) is 6.79. The number of pyridine rings is 1. The van der Waals surface area contributed by atoms with Crippen LogP contribution in [0.15, 0.2) is 59.0 Å². The van der Waals surface area contributed by atoms with Crippen molar-refractivity contribution in [2.24, 2.45) is 21.9 Å². The molecule has 8 heteroatoms. The Morgan fingerprint density at radius 3 is 2.50 bits per heavy atom. The van der Waals surface area contributed by atoms with Crippen LogP contribution in [0, 0.1) is 5.92 Å². The van der Waals surface area contributed by atoms with E-state index in [2.05, 4.69) is 41.0 Å². The fraction of sp³-hybridized carbons (Fsp3) is 0.300. The molecule has 1 aromatic carbocycles. The van der Waals surface area contributed by atoms with Gasteiger partial charge in [0.25, 0.3) is 0 Å². The third-order valence-corrected chi connectivity index (χ3v) is 3.59. The normalized spacial score (nSPS) is 12.2. The van der Waals surface area contributed by atoms with Crippen molar-refractivity contribution in [2.75, 3.05) is 11.1 Å². The van der Waals surface area contributed by atoms with Gasteiger partial charge in [-0.1, -0.05) is 32.6 Å². The number of ether oxygens (including phenoxy) is 1. The molecule has 0 saturated heterocycles. The van der Waals surface area contributed by atoms with Crippen molar-refractivity contribution in [1.82, 2.24) is 4.98 Å². The smallest absolute Gasteiger partial charge is 0.242 e. The van der Waals surface area contributed by atoms with Gasteiger partial charge >= 0.3 is 0 Å². The van der Waals surface area contributed by atoms with E-state index in [9.17, 15) is 4.79 Å². The number of amides is 1. The summed E-state index contributed by atoms with van der Waals surface area (Å²) < 4.78 is 5.81. The Morgan fingerprint density at radius 1 is 1.18 bits per heavy atom. The number of anilines is 2. The standard InChI is InChI=1S/C20H26N6O2/c1-12(2)11-13(3)28-17-8-6-5-7-15(17)25-26-16-9-10-18(23-19(16)22)24-20(27)14(4)21/h5-10,12,14H,3,11,21H2,1-2,4H3,(H3,22,23,24,27)/b26-25+/t14-/m0/s1. The molecular formula is C20H26N6O2. The number of nitrogens with one attached hydrogen (secondary N) is 1. The fourth-order valence-corrected chi connectivity index (χ4v) is 2.25. The summed E-state index contributed by atoms with van der Waals surface area (Å²) >= 11 is 0. The van der Waals surface area contributed by atoms with Crippen molar-refractivity contribution < 1.29 is 9.53 Å². The van der Waals surface area contributed by atoms with E-state index < -0.39 is 6.04 Å². The van der Waals surface area contributed by atoms with Crippen molar-refractivity contribution in [3.8, 4) is 5.75 Å². The second kappa shape index (κ2) is 9.61. The second-order valence-electron chi connectivity index (χ2n) is 6.79. The van der Waals surface area contributed by atoms with Crippen LogP contribution in [0.2, 0.25) is 0 Å². The fourth-order valence-electron chi connectivity index (χ4n) is 2.25. The molecule has 0 spiro atoms. The summed E-state index contributed by atoms with van der Waals surface area (Å²) in [5.74, 6) is 1.74. The minimum absolute atomic E-state index is 0.133. The van der Waals surface area contributed by atoms with Gasteiger partial charge in [-0.2, -0.15) is 0 Å². The minimum Gasteiger partial charge on any atom is -0.460 e. The number of azo groups is 1. The zero-order valence-electron chi connectivity index (χ0n) is 16.3. The molecule has 2 aromatic rings. The highest BCUT2D eigenvalue weighted by molar-refractivity contribution is 5.93. The number of benzene rings is 1. The van der Waals surface area contributed by atoms with Crippen LogP contribution in [-0.2, 0) is 4.79 Å². The molecule has 0 aliphatic rings. The lowest BCUT2D eigenvalue weighted by Gasteiger charge is -2.12. The Morgan fingerprint density at radius 2 is 1.86 bits per heavy atom. The number of carbonyl (C=O) groups excluding carboxylic acids is 1. The lowest BCUT2D eigenvalue weighted by Crippen LogP contribution is -2.32. The number of nitrogen functional groups attached to an aromatic ring is 1. The minimum atomic E-state index is -0.649. The first-order valence-corrected chi connectivity index (χ1v) is 8.95. The van der Waals surface area contributed by atoms with Crippen molar-refractivity contribution in [3.05, 3.63) is 48.7 Å². The topological polar surface area (TPSA) is 128 Å². The van der Waals surface area contributed by atoms with Gasteiger partial charge in [0.15, 0.2) is 11.6 Å². The highest BCUT2D eigenvalue weighted by atomic mass is 16.5. The van der Waals surface area contributed by atoms with Crippen LogP contribution >= 0.6 is 0 Å². The Balaban J connectivity index is 2.15. The van der Waals surface area contributed by atoms with Crippen molar-refractivity contribution >= 4 is 28.9 Å². The van der Waals surface area contributed by atoms with Crippen LogP contribution in [0.4, 0.5) is 23.0 Å². The summed E-state index contributed by atoms with van der Waals surface area (Å²) in [4.78, 5) is 15.7. The van der Waals surface area contributed by atoms with Crippen LogP contribution < -0.4 is 21.5 Å². The highest BCUT2D eigenvalue weighted by Gasteiger charge is 2.10. The van der Waals surface area contributed by atoms with Gasteiger partial charge in [-0.3, -0.25) is 4.79 Å². The molecular weight excluding hydrogens is 356 g/mol. The Hall–Kier alpha value is -3.26. The predicted molar refractivity (Wildman–Crippen MR) is 111 cm³/mol. The van der Waals surface area contributed by atoms with Gasteiger partial charge in [0.05, 0.1) is 11.8 Å². The number of rotatable bonds is 8. The molecule has 0 aliphatic heterocycles. The molecule has 0 unspecified atom stereocenters. The van der Waals surface area contributed by atoms with Crippen LogP contribution in [-0.4, -0.2) is 16.9 Å². The van der Waals surface area contributed by atoms with Crippen LogP contribution in [0.1, 0.15) is 27.2 Å². The van der Waals surface area contributed by atoms with Gasteiger partial charge in [-0.25, -0.2) is 4.98 Å². The summed E-state index contributed by atoms with van der Waals surface area (Å²) in [6.07, 6.45) is 0.747. The number of allylic oxidation sites excluding steroid dienone is 1. The van der Waals surface area contributed by atoms with E-state index in [0.717, 1.165) is 6.42 Å². The zero-order chi connectivity index (χ0) is 20.7. The van der Waals surface area contributed by atoms with Crippen LogP contribution in [0.3, 0.4) is 0 Å². The average Bonchev–Trinajstić information content (AvgIpc) is 2.61. The molecule has 0 saturated carbocycles. The molecule has 28 heavy (non-hydrogen) atoms. The van der Waals surface area contributed by atoms with E-state index in [-0.39, 0.29) is 11.7 Å². The van der Waals surface area contributed by atoms with Crippen molar-refractivity contribution in [3.63, 3.8) is 0 Å². The number of para-hydroxylation sites is 1. The van der Waals surface area contributed by atoms with E-state index in [1.54, 1.807) is 31.2 Å². The lowest BCUT2D eigenvalue weighted by atomic mass is 10.1. The molecule has 2 rings (SSSR count). The molecule has 1 heterocycles. The first kappa shape index (κ1) is 21.0. The van der Waals surface area contributed by atoms with E-state index in [1.165, 1.54) is 0 Å². The van der Waals surface area contributed by atoms with Crippen LogP contribution in [0.25, 0.3) is 0 Å². The third-order valence-electron chi connectivity index (χ3n) is 3.59. The number of nitrogens with two attached hydrogens (primary N) is 2. The number of hydrogen-bond acceptors (Lipinski definition) is 7. The monoisotopic (exact) mass is 382 g/mol. The maximum absolute atomic E-state index is 11.6. The molecule has 5 N–H and O–H groups in total. The number of nitrogens with zero attached hydrogens (tertiary/aromatic N) is 3. The molecule has 1 amide bonds. The van der Waals surface area contributed by atoms with Gasteiger partial charge in [0, 0.05) is 6.42 Å². The van der Waals surface area contributed by atoms with Crippen LogP contribution in [0.5, 0.6) is 5.75 Å². The number of hydrogen-bond donors (Lipinski definition) is 3. The maximum Gasteiger partial charge on any atom is 0.242 e. The maximum atomic E-state index is 11.6. The quantitative estimate of drug-likeness (QED) is 0.463. The molecule has 0 radical (unpaired) electrons. The van der Waals surface area contributed by atoms with E-state index in [0.29, 0.717) is 34.6 Å². The Labute approximate surface area is 164 Å². The summed E-state index contributed by atoms with van der Waals surface area (Å²) in [5, 5.41) is 10.9. The van der Waals surface area contributed by atoms with Gasteiger partial charge < -0.3 is 21.5 Å². The highest BCUT2D eigenvalue weighted by Crippen LogP contribution is 2.32. The number of carbonyl (C=O) groups is 1. The predicted octanol–water partition coefficient (Wildman–Crippen LogP) is 4.30. The van der Waals surface area contributed by atoms with Gasteiger partial charge in [0.2, 0.25) is 5.91 Å². The first-order valence-electron chi connectivity index (χ1n) is 8.95. The van der Waals surface area contributed by atoms with Crippen molar-refractivity contribution in [2.45, 2.75) is 33.2 Å². The summed E-state index contributed by atoms with van der Waals surface area (Å²) in [7, 11) is 0. The summed E-state index contributed by atoms with van der Waals surface area (Å²) in [6, 6.07) is 9.81. The van der Waals surface area contributed by atoms with Gasteiger partial charge in [0.1, 0.15) is 17.2 Å². The molecule has 148 valence electrons. The van der Waals surface area contributed by atoms with E-state index >= 15 is 0 Å². The number of aromatic nitrogens is 1. The Kier molecular flexibility index (Phi) is 7.22. The lowest BCUT2D eigenvalue weighted by molar-refractivity contribution is -0.117. The SMILES string of the molecule is C=C(CC(C)C)Oc1ccccc1/N=N/c1ccc(NC(=O)[C@H](C)N)nc1N. The van der Waals surface area contributed by atoms with Gasteiger partial charge in [-0.15, -0.1) is 10.2 Å².